The molecule has 0 amide bonds. The van der Waals surface area contributed by atoms with Crippen molar-refractivity contribution in [1.29, 1.82) is 0 Å². The summed E-state index contributed by atoms with van der Waals surface area (Å²) >= 11 is 14.4. The van der Waals surface area contributed by atoms with Crippen molar-refractivity contribution in [1.82, 2.24) is 0 Å². The summed E-state index contributed by atoms with van der Waals surface area (Å²) < 4.78 is -1.30. The van der Waals surface area contributed by atoms with E-state index in [1.54, 1.807) is 0 Å². The van der Waals surface area contributed by atoms with Gasteiger partial charge >= 0.3 is 0 Å². The summed E-state index contributed by atoms with van der Waals surface area (Å²) in [6, 6.07) is 1.09. The lowest BCUT2D eigenvalue weighted by Gasteiger charge is -2.03. The van der Waals surface area contributed by atoms with Crippen molar-refractivity contribution in [3.63, 3.8) is 0 Å². The number of hydrogen-bond acceptors (Lipinski definition) is 1. The molecule has 0 aliphatic carbocycles. The summed E-state index contributed by atoms with van der Waals surface area (Å²) in [5, 5.41) is 0. The Balaban J connectivity index is 3.15. The predicted octanol–water partition coefficient (Wildman–Crippen LogP) is 3.04. The number of hydrogen-bond donors (Lipinski definition) is 1. The molecule has 0 aliphatic rings. The van der Waals surface area contributed by atoms with Crippen LogP contribution in [0.5, 0.6) is 0 Å². The second-order valence-corrected chi connectivity index (χ2v) is 25.0. The Kier molecular flexibility index (Phi) is 5.05. The van der Waals surface area contributed by atoms with Crippen molar-refractivity contribution in [2.24, 2.45) is 0 Å². The zero-order valence-corrected chi connectivity index (χ0v) is 10.1. The second kappa shape index (κ2) is 3.93. The first-order chi connectivity index (χ1) is 3.06. The zero-order valence-electron chi connectivity index (χ0n) is 3.50. The molecule has 0 nitrogen and oxygen atoms in total. The molecular formula is C2H5Br3SSi. The third-order valence-corrected chi connectivity index (χ3v) is 5.43. The Morgan fingerprint density at radius 1 is 1.29 bits per heavy atom. The molecule has 0 spiro atoms. The van der Waals surface area contributed by atoms with Crippen molar-refractivity contribution in [3.05, 3.63) is 0 Å². The smallest absolute Gasteiger partial charge is 0.180 e. The number of thiol groups is 1. The molecule has 0 heterocycles. The molecule has 44 valence electrons. The van der Waals surface area contributed by atoms with Gasteiger partial charge in [-0.05, 0) is 11.8 Å². The average molecular weight is 329 g/mol. The van der Waals surface area contributed by atoms with E-state index in [1.165, 1.54) is 0 Å². The fraction of sp³-hybridized carbons (Fsp3) is 1.00. The van der Waals surface area contributed by atoms with Crippen LogP contribution < -0.4 is 0 Å². The van der Waals surface area contributed by atoms with Crippen LogP contribution in [0.3, 0.4) is 0 Å². The van der Waals surface area contributed by atoms with Crippen molar-refractivity contribution < 1.29 is 0 Å². The zero-order chi connectivity index (χ0) is 5.91. The largest absolute Gasteiger partial charge is 0.268 e. The molecule has 0 unspecified atom stereocenters. The molecule has 0 atom stereocenters. The fourth-order valence-corrected chi connectivity index (χ4v) is 5.93. The van der Waals surface area contributed by atoms with Gasteiger partial charge < -0.3 is 0 Å². The van der Waals surface area contributed by atoms with E-state index in [9.17, 15) is 0 Å². The normalized spacial score (nSPS) is 12.0. The minimum absolute atomic E-state index is 0.925. The lowest BCUT2D eigenvalue weighted by Crippen LogP contribution is -2.05. The summed E-state index contributed by atoms with van der Waals surface area (Å²) in [4.78, 5) is 0. The van der Waals surface area contributed by atoms with Gasteiger partial charge in [0.15, 0.2) is 0 Å². The topological polar surface area (TPSA) is 0 Å². The van der Waals surface area contributed by atoms with E-state index >= 15 is 0 Å². The lowest BCUT2D eigenvalue weighted by atomic mass is 11.0. The molecule has 0 fully saturated rings. The highest BCUT2D eigenvalue weighted by molar-refractivity contribution is 9.72. The first-order valence-corrected chi connectivity index (χ1v) is 11.3. The first-order valence-electron chi connectivity index (χ1n) is 1.74. The van der Waals surface area contributed by atoms with Crippen molar-refractivity contribution >= 4 is 62.4 Å². The molecular weight excluding hydrogens is 324 g/mol. The molecule has 0 saturated carbocycles. The van der Waals surface area contributed by atoms with E-state index in [4.69, 9.17) is 0 Å². The van der Waals surface area contributed by atoms with Gasteiger partial charge in [-0.2, -0.15) is 12.6 Å². The molecule has 0 rings (SSSR count). The molecule has 0 aromatic rings. The SMILES string of the molecule is SCC[Si](Br)(Br)Br. The van der Waals surface area contributed by atoms with E-state index in [1.807, 2.05) is 0 Å². The van der Waals surface area contributed by atoms with Crippen LogP contribution in [0.2, 0.25) is 6.04 Å². The van der Waals surface area contributed by atoms with Crippen LogP contribution >= 0.6 is 58.5 Å². The molecule has 0 radical (unpaired) electrons. The van der Waals surface area contributed by atoms with Crippen LogP contribution in [-0.4, -0.2) is 9.68 Å². The van der Waals surface area contributed by atoms with Gasteiger partial charge in [-0.1, -0.05) is 45.9 Å². The number of rotatable bonds is 2. The highest BCUT2D eigenvalue weighted by atomic mass is 80.0. The van der Waals surface area contributed by atoms with Crippen LogP contribution in [0.25, 0.3) is 0 Å². The maximum Gasteiger partial charge on any atom is 0.268 e. The molecule has 0 aromatic carbocycles. The molecule has 0 aliphatic heterocycles. The molecule has 0 aromatic heterocycles. The van der Waals surface area contributed by atoms with Crippen LogP contribution in [0.15, 0.2) is 0 Å². The number of halogens is 3. The minimum Gasteiger partial charge on any atom is -0.180 e. The van der Waals surface area contributed by atoms with E-state index < -0.39 is 3.93 Å². The maximum atomic E-state index is 4.06. The average Bonchev–Trinajstić information content (AvgIpc) is 1.30. The quantitative estimate of drug-likeness (QED) is 0.449. The molecule has 0 saturated heterocycles. The third kappa shape index (κ3) is 8.01. The van der Waals surface area contributed by atoms with Crippen LogP contribution in [-0.2, 0) is 0 Å². The molecule has 5 heteroatoms. The maximum absolute atomic E-state index is 4.06. The van der Waals surface area contributed by atoms with Crippen molar-refractivity contribution in [2.45, 2.75) is 6.04 Å². The second-order valence-electron chi connectivity index (χ2n) is 1.09. The standard InChI is InChI=1S/C2H5Br3SSi/c3-7(4,5)2-1-6/h6H,1-2H2. The Morgan fingerprint density at radius 3 is 1.71 bits per heavy atom. The van der Waals surface area contributed by atoms with E-state index in [-0.39, 0.29) is 0 Å². The van der Waals surface area contributed by atoms with Gasteiger partial charge in [-0.25, -0.2) is 0 Å². The van der Waals surface area contributed by atoms with Gasteiger partial charge in [0.05, 0.1) is 0 Å². The van der Waals surface area contributed by atoms with E-state index in [2.05, 4.69) is 58.5 Å². The Bertz CT molecular complexity index is 51.4. The third-order valence-electron chi connectivity index (χ3n) is 0.395. The summed E-state index contributed by atoms with van der Waals surface area (Å²) in [5.41, 5.74) is 0. The Morgan fingerprint density at radius 2 is 1.71 bits per heavy atom. The van der Waals surface area contributed by atoms with Gasteiger partial charge in [-0.15, -0.1) is 0 Å². The van der Waals surface area contributed by atoms with Gasteiger partial charge in [0.2, 0.25) is 0 Å². The van der Waals surface area contributed by atoms with Gasteiger partial charge in [0, 0.05) is 0 Å². The Hall–Kier alpha value is 2.01. The summed E-state index contributed by atoms with van der Waals surface area (Å²) in [5.74, 6) is 0.925. The molecule has 0 bridgehead atoms. The lowest BCUT2D eigenvalue weighted by molar-refractivity contribution is 1.51. The van der Waals surface area contributed by atoms with Crippen LogP contribution in [0.1, 0.15) is 0 Å². The van der Waals surface area contributed by atoms with E-state index in [0.717, 1.165) is 11.8 Å². The van der Waals surface area contributed by atoms with Crippen molar-refractivity contribution in [3.8, 4) is 0 Å². The van der Waals surface area contributed by atoms with Gasteiger partial charge in [0.1, 0.15) is 0 Å². The monoisotopic (exact) mass is 326 g/mol. The minimum atomic E-state index is -1.30. The summed E-state index contributed by atoms with van der Waals surface area (Å²) in [7, 11) is 0. The van der Waals surface area contributed by atoms with Gasteiger partial charge in [0.25, 0.3) is 3.93 Å². The van der Waals surface area contributed by atoms with Gasteiger partial charge in [-0.3, -0.25) is 0 Å². The highest BCUT2D eigenvalue weighted by Gasteiger charge is 2.19. The Labute approximate surface area is 73.6 Å². The highest BCUT2D eigenvalue weighted by Crippen LogP contribution is 2.31. The summed E-state index contributed by atoms with van der Waals surface area (Å²) in [6.45, 7) is 0. The fourth-order valence-electron chi connectivity index (χ4n) is 0.127. The predicted molar refractivity (Wildman–Crippen MR) is 51.2 cm³/mol. The van der Waals surface area contributed by atoms with Crippen molar-refractivity contribution in [2.75, 3.05) is 5.75 Å². The van der Waals surface area contributed by atoms with Crippen LogP contribution in [0, 0.1) is 0 Å². The molecule has 0 N–H and O–H groups in total. The molecule has 7 heavy (non-hydrogen) atoms. The van der Waals surface area contributed by atoms with E-state index in [0.29, 0.717) is 0 Å². The summed E-state index contributed by atoms with van der Waals surface area (Å²) in [6.07, 6.45) is 0. The van der Waals surface area contributed by atoms with Crippen LogP contribution in [0.4, 0.5) is 0 Å². The first kappa shape index (κ1) is 9.01.